The zero-order valence-corrected chi connectivity index (χ0v) is 20.4. The summed E-state index contributed by atoms with van der Waals surface area (Å²) in [5, 5.41) is 1.38. The molecule has 1 aromatic heterocycles. The van der Waals surface area contributed by atoms with Crippen LogP contribution in [0.3, 0.4) is 0 Å². The molecule has 1 fully saturated rings. The largest absolute Gasteiger partial charge is 0.347 e. The van der Waals surface area contributed by atoms with Crippen LogP contribution in [0.25, 0.3) is 10.9 Å². The number of rotatable bonds is 3. The van der Waals surface area contributed by atoms with Crippen molar-refractivity contribution in [2.24, 2.45) is 0 Å². The third-order valence-electron chi connectivity index (χ3n) is 4.22. The summed E-state index contributed by atoms with van der Waals surface area (Å²) in [4.78, 5) is 13.4. The molecule has 0 N–H and O–H groups in total. The molecule has 0 saturated carbocycles. The topological polar surface area (TPSA) is 32.3 Å². The van der Waals surface area contributed by atoms with E-state index in [4.69, 9.17) is 11.6 Å². The van der Waals surface area contributed by atoms with Crippen LogP contribution in [0.4, 0.5) is 10.2 Å². The Morgan fingerprint density at radius 2 is 1.93 bits per heavy atom. The van der Waals surface area contributed by atoms with Gasteiger partial charge in [0, 0.05) is 19.6 Å². The van der Waals surface area contributed by atoms with Crippen molar-refractivity contribution in [3.05, 3.63) is 32.4 Å². The molecule has 9 heteroatoms. The Morgan fingerprint density at radius 3 is 2.52 bits per heavy atom. The van der Waals surface area contributed by atoms with E-state index in [0.717, 1.165) is 19.6 Å². The maximum Gasteiger partial charge on any atom is 0.189 e. The molecule has 27 heavy (non-hydrogen) atoms. The highest BCUT2D eigenvalue weighted by atomic mass is 79.9. The highest BCUT2D eigenvalue weighted by molar-refractivity contribution is 9.11. The molecule has 1 atom stereocenters. The van der Waals surface area contributed by atoms with Gasteiger partial charge in [-0.15, -0.1) is 6.58 Å². The van der Waals surface area contributed by atoms with Gasteiger partial charge in [-0.05, 0) is 45.2 Å². The van der Waals surface area contributed by atoms with E-state index in [9.17, 15) is 4.39 Å². The van der Waals surface area contributed by atoms with Crippen molar-refractivity contribution in [3.63, 3.8) is 0 Å². The summed E-state index contributed by atoms with van der Waals surface area (Å²) in [5.74, 6) is 0.193. The zero-order valence-electron chi connectivity index (χ0n) is 15.7. The Bertz CT molecular complexity index is 852. The van der Waals surface area contributed by atoms with Crippen molar-refractivity contribution in [2.45, 2.75) is 25.0 Å². The number of anilines is 1. The van der Waals surface area contributed by atoms with E-state index in [1.54, 1.807) is 0 Å². The standard InChI is InChI=1S/C16H16Br2ClFN4S.C2H6/c1-4-8-7-23(2)5-6-24(8)15-9-10(17)12(19)11(18)13(20)14(9)21-16(22-15)25-3;1-2/h4,8H,1,5-7H2,2-3H3;1-2H3. The maximum absolute atomic E-state index is 14.8. The van der Waals surface area contributed by atoms with Crippen LogP contribution in [0.15, 0.2) is 26.8 Å². The Morgan fingerprint density at radius 1 is 1.26 bits per heavy atom. The van der Waals surface area contributed by atoms with Crippen LogP contribution >= 0.6 is 55.2 Å². The molecule has 3 rings (SSSR count). The van der Waals surface area contributed by atoms with E-state index in [0.29, 0.717) is 20.8 Å². The Kier molecular flexibility index (Phi) is 8.36. The molecule has 0 bridgehead atoms. The van der Waals surface area contributed by atoms with E-state index in [2.05, 4.69) is 65.3 Å². The lowest BCUT2D eigenvalue weighted by Gasteiger charge is -2.40. The number of likely N-dealkylation sites (N-methyl/N-ethyl adjacent to an activating group) is 1. The van der Waals surface area contributed by atoms with Crippen molar-refractivity contribution in [3.8, 4) is 0 Å². The molecule has 0 radical (unpaired) electrons. The van der Waals surface area contributed by atoms with E-state index in [1.807, 2.05) is 26.2 Å². The van der Waals surface area contributed by atoms with E-state index in [1.165, 1.54) is 11.8 Å². The fourth-order valence-corrected chi connectivity index (χ4v) is 4.67. The predicted octanol–water partition coefficient (Wildman–Crippen LogP) is 6.00. The number of fused-ring (bicyclic) bond motifs is 1. The number of piperazine rings is 1. The quantitative estimate of drug-likeness (QED) is 0.157. The summed E-state index contributed by atoms with van der Waals surface area (Å²) >= 11 is 14.4. The van der Waals surface area contributed by atoms with Crippen molar-refractivity contribution >= 4 is 71.9 Å². The average Bonchev–Trinajstić information content (AvgIpc) is 2.70. The number of benzene rings is 1. The first-order valence-electron chi connectivity index (χ1n) is 8.54. The first-order valence-corrected chi connectivity index (χ1v) is 11.7. The Hall–Kier alpha value is -0.410. The van der Waals surface area contributed by atoms with Gasteiger partial charge in [0.15, 0.2) is 11.0 Å². The zero-order chi connectivity index (χ0) is 20.3. The summed E-state index contributed by atoms with van der Waals surface area (Å²) < 4.78 is 15.6. The predicted molar refractivity (Wildman–Crippen MR) is 122 cm³/mol. The van der Waals surface area contributed by atoms with Gasteiger partial charge in [0.25, 0.3) is 0 Å². The minimum Gasteiger partial charge on any atom is -0.347 e. The van der Waals surface area contributed by atoms with Crippen molar-refractivity contribution < 1.29 is 4.39 Å². The lowest BCUT2D eigenvalue weighted by atomic mass is 10.1. The minimum atomic E-state index is -0.480. The fourth-order valence-electron chi connectivity index (χ4n) is 2.91. The van der Waals surface area contributed by atoms with E-state index >= 15 is 0 Å². The SMILES string of the molecule is C=CC1CN(C)CCN1c1nc(SC)nc2c(F)c(Br)c(Cl)c(Br)c12.CC. The van der Waals surface area contributed by atoms with Crippen LogP contribution in [0, 0.1) is 5.82 Å². The summed E-state index contributed by atoms with van der Waals surface area (Å²) in [5.41, 5.74) is 0.249. The maximum atomic E-state index is 14.8. The Balaban J connectivity index is 0.00000126. The van der Waals surface area contributed by atoms with Gasteiger partial charge in [-0.25, -0.2) is 14.4 Å². The molecule has 2 aromatic rings. The first-order chi connectivity index (χ1) is 12.9. The summed E-state index contributed by atoms with van der Waals surface area (Å²) in [6.07, 6.45) is 3.77. The van der Waals surface area contributed by atoms with Crippen LogP contribution in [0.1, 0.15) is 13.8 Å². The molecule has 0 aliphatic carbocycles. The third kappa shape index (κ3) is 4.45. The van der Waals surface area contributed by atoms with Gasteiger partial charge in [-0.1, -0.05) is 43.3 Å². The van der Waals surface area contributed by atoms with Crippen LogP contribution in [-0.2, 0) is 0 Å². The lowest BCUT2D eigenvalue weighted by molar-refractivity contribution is 0.286. The normalized spacial score (nSPS) is 17.6. The highest BCUT2D eigenvalue weighted by Gasteiger charge is 2.29. The second-order valence-electron chi connectivity index (χ2n) is 5.77. The molecule has 0 amide bonds. The van der Waals surface area contributed by atoms with Crippen molar-refractivity contribution in [1.82, 2.24) is 14.9 Å². The molecule has 1 aliphatic heterocycles. The molecular weight excluding hydrogens is 519 g/mol. The molecule has 4 nitrogen and oxygen atoms in total. The van der Waals surface area contributed by atoms with Gasteiger partial charge in [-0.2, -0.15) is 0 Å². The monoisotopic (exact) mass is 538 g/mol. The molecule has 1 aliphatic rings. The van der Waals surface area contributed by atoms with Crippen LogP contribution < -0.4 is 4.90 Å². The van der Waals surface area contributed by atoms with Gasteiger partial charge < -0.3 is 9.80 Å². The highest BCUT2D eigenvalue weighted by Crippen LogP contribution is 2.43. The smallest absolute Gasteiger partial charge is 0.189 e. The van der Waals surface area contributed by atoms with Crippen molar-refractivity contribution in [1.29, 1.82) is 0 Å². The summed E-state index contributed by atoms with van der Waals surface area (Å²) in [6, 6.07) is 0.0731. The molecule has 1 saturated heterocycles. The third-order valence-corrected chi connectivity index (χ3v) is 7.14. The van der Waals surface area contributed by atoms with E-state index < -0.39 is 5.82 Å². The first kappa shape index (κ1) is 22.9. The van der Waals surface area contributed by atoms with Gasteiger partial charge in [0.05, 0.1) is 25.4 Å². The van der Waals surface area contributed by atoms with Gasteiger partial charge >= 0.3 is 0 Å². The number of thioether (sulfide) groups is 1. The van der Waals surface area contributed by atoms with Crippen LogP contribution in [-0.4, -0.2) is 53.8 Å². The number of hydrogen-bond acceptors (Lipinski definition) is 5. The van der Waals surface area contributed by atoms with Gasteiger partial charge in [-0.3, -0.25) is 0 Å². The summed E-state index contributed by atoms with van der Waals surface area (Å²) in [7, 11) is 2.07. The number of halogens is 4. The Labute approximate surface area is 185 Å². The molecule has 2 heterocycles. The second kappa shape index (κ2) is 9.87. The minimum absolute atomic E-state index is 0.0731. The van der Waals surface area contributed by atoms with Crippen molar-refractivity contribution in [2.75, 3.05) is 37.8 Å². The molecule has 148 valence electrons. The van der Waals surface area contributed by atoms with Crippen LogP contribution in [0.2, 0.25) is 5.02 Å². The van der Waals surface area contributed by atoms with Gasteiger partial charge in [0.2, 0.25) is 0 Å². The van der Waals surface area contributed by atoms with Gasteiger partial charge in [0.1, 0.15) is 11.3 Å². The molecule has 0 spiro atoms. The number of hydrogen-bond donors (Lipinski definition) is 0. The number of nitrogens with zero attached hydrogens (tertiary/aromatic N) is 4. The molecule has 1 aromatic carbocycles. The summed E-state index contributed by atoms with van der Waals surface area (Å²) in [6.45, 7) is 10.4. The molecular formula is C18H22Br2ClFN4S. The van der Waals surface area contributed by atoms with E-state index in [-0.39, 0.29) is 21.1 Å². The van der Waals surface area contributed by atoms with Crippen LogP contribution in [0.5, 0.6) is 0 Å². The fraction of sp³-hybridized carbons (Fsp3) is 0.444. The number of aromatic nitrogens is 2. The lowest BCUT2D eigenvalue weighted by Crippen LogP contribution is -2.51. The second-order valence-corrected chi connectivity index (χ2v) is 8.51. The molecule has 1 unspecified atom stereocenters. The average molecular weight is 541 g/mol.